The average molecular weight is 568 g/mol. The Kier molecular flexibility index (Phi) is 7.19. The van der Waals surface area contributed by atoms with E-state index in [1.54, 1.807) is 0 Å². The van der Waals surface area contributed by atoms with Crippen LogP contribution < -0.4 is 5.32 Å². The SMILES string of the molecule is CC[C@@H]1C[C@H](C(=O)NC(c2ccc(C(F)(F)F)c(F)c2)C2CC2)N(C(=O)c2cncc(S(=O)(=O)C3CC3)c2)C1. The third-order valence-corrected chi connectivity index (χ3v) is 10.1. The summed E-state index contributed by atoms with van der Waals surface area (Å²) in [5.74, 6) is -2.43. The highest BCUT2D eigenvalue weighted by atomic mass is 32.2. The van der Waals surface area contributed by atoms with Gasteiger partial charge in [-0.3, -0.25) is 14.6 Å². The van der Waals surface area contributed by atoms with Crippen molar-refractivity contribution < 1.29 is 35.6 Å². The van der Waals surface area contributed by atoms with Crippen molar-refractivity contribution in [2.24, 2.45) is 11.8 Å². The maximum Gasteiger partial charge on any atom is 0.419 e. The minimum Gasteiger partial charge on any atom is -0.347 e. The lowest BCUT2D eigenvalue weighted by Crippen LogP contribution is -2.47. The van der Waals surface area contributed by atoms with Gasteiger partial charge in [0.05, 0.1) is 27.3 Å². The maximum absolute atomic E-state index is 14.3. The number of aromatic nitrogens is 1. The van der Waals surface area contributed by atoms with E-state index >= 15 is 0 Å². The highest BCUT2D eigenvalue weighted by Crippen LogP contribution is 2.43. The van der Waals surface area contributed by atoms with E-state index in [4.69, 9.17) is 0 Å². The molecule has 2 heterocycles. The number of nitrogens with one attached hydrogen (secondary N) is 1. The van der Waals surface area contributed by atoms with Crippen molar-refractivity contribution in [2.45, 2.75) is 73.9 Å². The fourth-order valence-corrected chi connectivity index (χ4v) is 6.87. The number of hydrogen-bond donors (Lipinski definition) is 1. The van der Waals surface area contributed by atoms with Crippen LogP contribution in [0.2, 0.25) is 0 Å². The van der Waals surface area contributed by atoms with Gasteiger partial charge in [-0.15, -0.1) is 0 Å². The molecule has 1 aromatic carbocycles. The van der Waals surface area contributed by atoms with Crippen molar-refractivity contribution in [2.75, 3.05) is 6.54 Å². The normalized spacial score (nSPS) is 22.5. The topological polar surface area (TPSA) is 96.4 Å². The van der Waals surface area contributed by atoms with Crippen LogP contribution >= 0.6 is 0 Å². The van der Waals surface area contributed by atoms with Gasteiger partial charge >= 0.3 is 6.18 Å². The van der Waals surface area contributed by atoms with Gasteiger partial charge in [-0.25, -0.2) is 12.8 Å². The number of benzene rings is 1. The van der Waals surface area contributed by atoms with Gasteiger partial charge in [0.15, 0.2) is 9.84 Å². The number of amides is 2. The summed E-state index contributed by atoms with van der Waals surface area (Å²) in [6.07, 6.45) is 1.34. The molecule has 7 nitrogen and oxygen atoms in total. The summed E-state index contributed by atoms with van der Waals surface area (Å²) < 4.78 is 78.8. The van der Waals surface area contributed by atoms with Crippen LogP contribution in [0.15, 0.2) is 41.6 Å². The summed E-state index contributed by atoms with van der Waals surface area (Å²) in [4.78, 5) is 32.4. The summed E-state index contributed by atoms with van der Waals surface area (Å²) >= 11 is 0. The Balaban J connectivity index is 1.37. The van der Waals surface area contributed by atoms with Gasteiger partial charge in [0.1, 0.15) is 11.9 Å². The molecule has 0 spiro atoms. The summed E-state index contributed by atoms with van der Waals surface area (Å²) in [7, 11) is -3.57. The molecule has 1 unspecified atom stereocenters. The molecule has 1 aromatic heterocycles. The van der Waals surface area contributed by atoms with Crippen LogP contribution in [0, 0.1) is 17.7 Å². The lowest BCUT2D eigenvalue weighted by molar-refractivity contribution is -0.140. The van der Waals surface area contributed by atoms with Gasteiger partial charge in [-0.2, -0.15) is 13.2 Å². The van der Waals surface area contributed by atoms with Crippen LogP contribution in [-0.4, -0.2) is 48.0 Å². The van der Waals surface area contributed by atoms with E-state index < -0.39 is 56.5 Å². The number of alkyl halides is 3. The zero-order valence-electron chi connectivity index (χ0n) is 21.2. The summed E-state index contributed by atoms with van der Waals surface area (Å²) in [6.45, 7) is 2.23. The number of rotatable bonds is 8. The number of hydrogen-bond acceptors (Lipinski definition) is 5. The zero-order chi connectivity index (χ0) is 28.1. The number of sulfone groups is 1. The first-order valence-electron chi connectivity index (χ1n) is 13.1. The molecule has 1 saturated heterocycles. The Morgan fingerprint density at radius 2 is 1.85 bits per heavy atom. The summed E-state index contributed by atoms with van der Waals surface area (Å²) in [5.41, 5.74) is -1.07. The van der Waals surface area contributed by atoms with Crippen molar-refractivity contribution in [3.63, 3.8) is 0 Å². The largest absolute Gasteiger partial charge is 0.419 e. The Morgan fingerprint density at radius 1 is 1.13 bits per heavy atom. The number of carbonyl (C=O) groups is 2. The van der Waals surface area contributed by atoms with Crippen LogP contribution in [0.3, 0.4) is 0 Å². The highest BCUT2D eigenvalue weighted by Gasteiger charge is 2.43. The van der Waals surface area contributed by atoms with Crippen LogP contribution in [-0.2, 0) is 20.8 Å². The van der Waals surface area contributed by atoms with Gasteiger partial charge in [0, 0.05) is 18.9 Å². The van der Waals surface area contributed by atoms with Crippen LogP contribution in [0.5, 0.6) is 0 Å². The molecule has 1 N–H and O–H groups in total. The Morgan fingerprint density at radius 3 is 2.44 bits per heavy atom. The van der Waals surface area contributed by atoms with Crippen LogP contribution in [0.1, 0.15) is 73.0 Å². The minimum absolute atomic E-state index is 0.0267. The molecular formula is C27H29F4N3O4S. The van der Waals surface area contributed by atoms with Gasteiger partial charge in [-0.05, 0) is 67.7 Å². The van der Waals surface area contributed by atoms with Crippen LogP contribution in [0.4, 0.5) is 17.6 Å². The van der Waals surface area contributed by atoms with Crippen molar-refractivity contribution in [3.05, 3.63) is 59.2 Å². The third-order valence-electron chi connectivity index (χ3n) is 7.83. The average Bonchev–Trinajstić information content (AvgIpc) is 3.82. The third kappa shape index (κ3) is 5.66. The standard InChI is InChI=1S/C27H29F4N3O4S/c1-2-15-9-23(34(14-15)26(36)18-10-20(13-32-12-18)39(37,38)19-6-7-19)25(35)33-24(16-3-4-16)17-5-8-21(22(28)11-17)27(29,30)31/h5,8,10-13,15-16,19,23-24H,2-4,6-7,9,14H2,1H3,(H,33,35)/t15-,23-,24?/m1/s1. The first kappa shape index (κ1) is 27.5. The molecular weight excluding hydrogens is 538 g/mol. The predicted octanol–water partition coefficient (Wildman–Crippen LogP) is 4.68. The van der Waals surface area contributed by atoms with Crippen molar-refractivity contribution in [1.29, 1.82) is 0 Å². The number of carbonyl (C=O) groups excluding carboxylic acids is 2. The molecule has 2 amide bonds. The molecule has 0 radical (unpaired) electrons. The van der Waals surface area contributed by atoms with Gasteiger partial charge in [-0.1, -0.05) is 19.4 Å². The van der Waals surface area contributed by atoms with Crippen molar-refractivity contribution in [1.82, 2.24) is 15.2 Å². The van der Waals surface area contributed by atoms with Gasteiger partial charge in [0.25, 0.3) is 5.91 Å². The monoisotopic (exact) mass is 567 g/mol. The fourth-order valence-electron chi connectivity index (χ4n) is 5.23. The number of nitrogens with zero attached hydrogens (tertiary/aromatic N) is 2. The van der Waals surface area contributed by atoms with E-state index in [9.17, 15) is 35.6 Å². The number of likely N-dealkylation sites (tertiary alicyclic amines) is 1. The van der Waals surface area contributed by atoms with E-state index in [2.05, 4.69) is 10.3 Å². The van der Waals surface area contributed by atoms with Crippen LogP contribution in [0.25, 0.3) is 0 Å². The second kappa shape index (κ2) is 10.2. The maximum atomic E-state index is 14.3. The first-order chi connectivity index (χ1) is 18.4. The molecule has 3 fully saturated rings. The smallest absolute Gasteiger partial charge is 0.347 e. The molecule has 3 atom stereocenters. The molecule has 2 saturated carbocycles. The molecule has 210 valence electrons. The highest BCUT2D eigenvalue weighted by molar-refractivity contribution is 7.92. The molecule has 5 rings (SSSR count). The van der Waals surface area contributed by atoms with Gasteiger partial charge in [0.2, 0.25) is 5.91 Å². The second-order valence-electron chi connectivity index (χ2n) is 10.7. The number of halogens is 4. The fraction of sp³-hybridized carbons (Fsp3) is 0.519. The first-order valence-corrected chi connectivity index (χ1v) is 14.6. The second-order valence-corrected chi connectivity index (χ2v) is 12.9. The predicted molar refractivity (Wildman–Crippen MR) is 133 cm³/mol. The van der Waals surface area contributed by atoms with E-state index in [1.165, 1.54) is 29.4 Å². The minimum atomic E-state index is -4.83. The number of pyridine rings is 1. The quantitative estimate of drug-likeness (QED) is 0.468. The Labute approximate surface area is 223 Å². The van der Waals surface area contributed by atoms with E-state index in [1.807, 2.05) is 6.92 Å². The lowest BCUT2D eigenvalue weighted by atomic mass is 9.98. The lowest BCUT2D eigenvalue weighted by Gasteiger charge is -2.27. The van der Waals surface area contributed by atoms with Gasteiger partial charge < -0.3 is 10.2 Å². The molecule has 2 aliphatic carbocycles. The molecule has 39 heavy (non-hydrogen) atoms. The Hall–Kier alpha value is -3.02. The zero-order valence-corrected chi connectivity index (χ0v) is 22.1. The molecule has 1 aliphatic heterocycles. The molecule has 3 aliphatic rings. The molecule has 12 heteroatoms. The Bertz CT molecular complexity index is 1390. The molecule has 2 aromatic rings. The van der Waals surface area contributed by atoms with E-state index in [-0.39, 0.29) is 34.4 Å². The van der Waals surface area contributed by atoms with Crippen molar-refractivity contribution >= 4 is 21.7 Å². The summed E-state index contributed by atoms with van der Waals surface area (Å²) in [5, 5.41) is 2.41. The van der Waals surface area contributed by atoms with E-state index in [0.29, 0.717) is 31.7 Å². The summed E-state index contributed by atoms with van der Waals surface area (Å²) in [6, 6.07) is 2.41. The van der Waals surface area contributed by atoms with Crippen molar-refractivity contribution in [3.8, 4) is 0 Å². The van der Waals surface area contributed by atoms with E-state index in [0.717, 1.165) is 18.9 Å². The molecule has 0 bridgehead atoms.